The Morgan fingerprint density at radius 3 is 1.82 bits per heavy atom. The van der Waals surface area contributed by atoms with Crippen LogP contribution in [-0.2, 0) is 14.3 Å². The summed E-state index contributed by atoms with van der Waals surface area (Å²) in [6, 6.07) is 27.6. The number of esters is 1. The maximum atomic E-state index is 13.8. The fourth-order valence-corrected chi connectivity index (χ4v) is 5.59. The van der Waals surface area contributed by atoms with Gasteiger partial charge < -0.3 is 9.30 Å². The molecule has 7 heteroatoms. The van der Waals surface area contributed by atoms with Crippen molar-refractivity contribution in [3.63, 3.8) is 0 Å². The first kappa shape index (κ1) is 30.5. The minimum atomic E-state index is -0.390. The van der Waals surface area contributed by atoms with Crippen LogP contribution in [0.25, 0.3) is 11.8 Å². The average Bonchev–Trinajstić information content (AvgIpc) is 3.47. The van der Waals surface area contributed by atoms with Crippen LogP contribution in [0.2, 0.25) is 0 Å². The molecule has 7 nitrogen and oxygen atoms in total. The van der Waals surface area contributed by atoms with Gasteiger partial charge in [0, 0.05) is 17.1 Å². The van der Waals surface area contributed by atoms with Crippen molar-refractivity contribution >= 4 is 35.2 Å². The summed E-state index contributed by atoms with van der Waals surface area (Å²) in [7, 11) is 0. The van der Waals surface area contributed by atoms with Gasteiger partial charge in [0.05, 0.1) is 23.5 Å². The molecule has 4 aromatic rings. The standard InChI is InChI=1S/C37H39N3O4/c1-4-5-6-7-8-15-24-44-37(43)29-20-22-31(23-21-29)38-27(2)25-30(28(38)3)26-34-35(41)39(32-16-11-9-12-17-32)40(36(34)42)33-18-13-10-14-19-33/h9-14,16-23,25-26H,4-8,15,24H2,1-3H3. The molecule has 0 saturated carbocycles. The quantitative estimate of drug-likeness (QED) is 0.0727. The normalized spacial score (nSPS) is 13.1. The van der Waals surface area contributed by atoms with E-state index < -0.39 is 11.8 Å². The summed E-state index contributed by atoms with van der Waals surface area (Å²) >= 11 is 0. The maximum Gasteiger partial charge on any atom is 0.338 e. The second-order valence-corrected chi connectivity index (χ2v) is 11.1. The highest BCUT2D eigenvalue weighted by molar-refractivity contribution is 6.38. The van der Waals surface area contributed by atoms with Crippen LogP contribution in [0.4, 0.5) is 11.4 Å². The number of amides is 2. The highest BCUT2D eigenvalue weighted by atomic mass is 16.5. The molecule has 2 amide bonds. The molecule has 1 aromatic heterocycles. The van der Waals surface area contributed by atoms with E-state index in [9.17, 15) is 14.4 Å². The summed E-state index contributed by atoms with van der Waals surface area (Å²) in [6.45, 7) is 6.56. The third kappa shape index (κ3) is 6.52. The molecule has 3 aromatic carbocycles. The highest BCUT2D eigenvalue weighted by Gasteiger charge is 2.43. The Labute approximate surface area is 259 Å². The molecule has 0 bridgehead atoms. The van der Waals surface area contributed by atoms with E-state index in [4.69, 9.17) is 4.74 Å². The van der Waals surface area contributed by atoms with Crippen LogP contribution >= 0.6 is 0 Å². The first-order chi connectivity index (χ1) is 21.4. The Kier molecular flexibility index (Phi) is 9.75. The molecule has 1 saturated heterocycles. The number of anilines is 2. The predicted molar refractivity (Wildman–Crippen MR) is 175 cm³/mol. The second kappa shape index (κ2) is 14.0. The lowest BCUT2D eigenvalue weighted by Crippen LogP contribution is -2.41. The van der Waals surface area contributed by atoms with Crippen molar-refractivity contribution < 1.29 is 19.1 Å². The van der Waals surface area contributed by atoms with E-state index in [1.807, 2.05) is 97.3 Å². The lowest BCUT2D eigenvalue weighted by atomic mass is 10.1. The maximum absolute atomic E-state index is 13.8. The van der Waals surface area contributed by atoms with E-state index in [2.05, 4.69) is 6.92 Å². The van der Waals surface area contributed by atoms with Crippen molar-refractivity contribution in [3.8, 4) is 5.69 Å². The van der Waals surface area contributed by atoms with E-state index >= 15 is 0 Å². The molecule has 0 atom stereocenters. The Morgan fingerprint density at radius 2 is 1.25 bits per heavy atom. The van der Waals surface area contributed by atoms with Gasteiger partial charge in [-0.15, -0.1) is 0 Å². The first-order valence-corrected chi connectivity index (χ1v) is 15.4. The van der Waals surface area contributed by atoms with Gasteiger partial charge in [-0.25, -0.2) is 14.8 Å². The summed E-state index contributed by atoms with van der Waals surface area (Å²) in [5.41, 5.74) is 5.25. The zero-order chi connectivity index (χ0) is 31.1. The van der Waals surface area contributed by atoms with Crippen LogP contribution in [0.3, 0.4) is 0 Å². The third-order valence-electron chi connectivity index (χ3n) is 7.91. The summed E-state index contributed by atoms with van der Waals surface area (Å²) in [5.74, 6) is -1.10. The molecule has 1 aliphatic heterocycles. The number of carbonyl (C=O) groups excluding carboxylic acids is 3. The summed E-state index contributed by atoms with van der Waals surface area (Å²) in [6.07, 6.45) is 8.50. The lowest BCUT2D eigenvalue weighted by molar-refractivity contribution is -0.116. The Bertz CT molecular complexity index is 1580. The van der Waals surface area contributed by atoms with Crippen molar-refractivity contribution in [1.82, 2.24) is 4.57 Å². The average molecular weight is 590 g/mol. The third-order valence-corrected chi connectivity index (χ3v) is 7.91. The number of aromatic nitrogens is 1. The van der Waals surface area contributed by atoms with Crippen molar-refractivity contribution in [3.05, 3.63) is 119 Å². The lowest BCUT2D eigenvalue weighted by Gasteiger charge is -2.27. The molecule has 44 heavy (non-hydrogen) atoms. The SMILES string of the molecule is CCCCCCCCOC(=O)c1ccc(-n2c(C)cc(C=C3C(=O)N(c4ccccc4)N(c4ccccc4)C3=O)c2C)cc1. The largest absolute Gasteiger partial charge is 0.462 e. The number of para-hydroxylation sites is 2. The van der Waals surface area contributed by atoms with Gasteiger partial charge in [0.15, 0.2) is 0 Å². The van der Waals surface area contributed by atoms with Crippen molar-refractivity contribution in [2.24, 2.45) is 0 Å². The molecule has 5 rings (SSSR count). The van der Waals surface area contributed by atoms with E-state index in [0.29, 0.717) is 23.5 Å². The number of carbonyl (C=O) groups is 3. The molecule has 0 unspecified atom stereocenters. The molecule has 2 heterocycles. The number of aryl methyl sites for hydroxylation is 1. The van der Waals surface area contributed by atoms with Crippen LogP contribution in [0.5, 0.6) is 0 Å². The number of benzene rings is 3. The van der Waals surface area contributed by atoms with E-state index in [0.717, 1.165) is 35.5 Å². The Morgan fingerprint density at radius 1 is 0.705 bits per heavy atom. The molecule has 0 radical (unpaired) electrons. The molecular formula is C37H39N3O4. The van der Waals surface area contributed by atoms with Crippen LogP contribution in [0.1, 0.15) is 72.8 Å². The van der Waals surface area contributed by atoms with Gasteiger partial charge in [0.1, 0.15) is 5.57 Å². The number of hydrogen-bond acceptors (Lipinski definition) is 4. The van der Waals surface area contributed by atoms with Gasteiger partial charge in [-0.3, -0.25) is 9.59 Å². The van der Waals surface area contributed by atoms with E-state index in [-0.39, 0.29) is 11.5 Å². The van der Waals surface area contributed by atoms with Gasteiger partial charge >= 0.3 is 5.97 Å². The summed E-state index contributed by atoms with van der Waals surface area (Å²) in [4.78, 5) is 40.1. The van der Waals surface area contributed by atoms with Gasteiger partial charge in [-0.1, -0.05) is 75.4 Å². The first-order valence-electron chi connectivity index (χ1n) is 15.4. The number of hydrogen-bond donors (Lipinski definition) is 0. The second-order valence-electron chi connectivity index (χ2n) is 11.1. The molecule has 226 valence electrons. The molecule has 0 aliphatic carbocycles. The molecule has 1 aliphatic rings. The number of nitrogens with zero attached hydrogens (tertiary/aromatic N) is 3. The number of hydrazine groups is 1. The minimum Gasteiger partial charge on any atom is -0.462 e. The van der Waals surface area contributed by atoms with Crippen LogP contribution < -0.4 is 10.0 Å². The molecule has 1 fully saturated rings. The van der Waals surface area contributed by atoms with Crippen LogP contribution in [0.15, 0.2) is 96.6 Å². The number of unbranched alkanes of at least 4 members (excludes halogenated alkanes) is 5. The monoisotopic (exact) mass is 589 g/mol. The van der Waals surface area contributed by atoms with Crippen molar-refractivity contribution in [2.45, 2.75) is 59.3 Å². The smallest absolute Gasteiger partial charge is 0.338 e. The van der Waals surface area contributed by atoms with Crippen LogP contribution in [0, 0.1) is 13.8 Å². The van der Waals surface area contributed by atoms with E-state index in [1.165, 1.54) is 35.7 Å². The molecule has 0 spiro atoms. The summed E-state index contributed by atoms with van der Waals surface area (Å²) < 4.78 is 7.53. The van der Waals surface area contributed by atoms with Gasteiger partial charge in [0.2, 0.25) is 0 Å². The zero-order valence-corrected chi connectivity index (χ0v) is 25.7. The van der Waals surface area contributed by atoms with Crippen LogP contribution in [-0.4, -0.2) is 29.0 Å². The van der Waals surface area contributed by atoms with Crippen molar-refractivity contribution in [2.75, 3.05) is 16.6 Å². The fraction of sp³-hybridized carbons (Fsp3) is 0.270. The zero-order valence-electron chi connectivity index (χ0n) is 25.7. The summed E-state index contributed by atoms with van der Waals surface area (Å²) in [5, 5.41) is 2.85. The van der Waals surface area contributed by atoms with Gasteiger partial charge in [0.25, 0.3) is 11.8 Å². The number of rotatable bonds is 12. The topological polar surface area (TPSA) is 71.8 Å². The predicted octanol–water partition coefficient (Wildman–Crippen LogP) is 7.99. The minimum absolute atomic E-state index is 0.0846. The van der Waals surface area contributed by atoms with Crippen molar-refractivity contribution in [1.29, 1.82) is 0 Å². The Balaban J connectivity index is 1.35. The van der Waals surface area contributed by atoms with E-state index in [1.54, 1.807) is 18.2 Å². The molecule has 0 N–H and O–H groups in total. The molecular weight excluding hydrogens is 550 g/mol. The fourth-order valence-electron chi connectivity index (χ4n) is 5.59. The van der Waals surface area contributed by atoms with Gasteiger partial charge in [-0.2, -0.15) is 0 Å². The van der Waals surface area contributed by atoms with Gasteiger partial charge in [-0.05, 0) is 86.5 Å². The number of ether oxygens (including phenoxy) is 1. The highest BCUT2D eigenvalue weighted by Crippen LogP contribution is 2.33. The Hall–Kier alpha value is -4.91.